The Balaban J connectivity index is 1.87. The number of ether oxygens (including phenoxy) is 1. The molecule has 0 aliphatic carbocycles. The number of anilines is 1. The van der Waals surface area contributed by atoms with Crippen LogP contribution in [0, 0.1) is 5.82 Å². The molecule has 3 N–H and O–H groups in total. The van der Waals surface area contributed by atoms with E-state index >= 15 is 0 Å². The van der Waals surface area contributed by atoms with Gasteiger partial charge in [-0.15, -0.1) is 0 Å². The lowest BCUT2D eigenvalue weighted by molar-refractivity contribution is -0.0355. The van der Waals surface area contributed by atoms with Gasteiger partial charge < -0.3 is 20.3 Å². The maximum atomic E-state index is 14.4. The van der Waals surface area contributed by atoms with E-state index in [0.717, 1.165) is 6.20 Å². The van der Waals surface area contributed by atoms with Gasteiger partial charge in [-0.25, -0.2) is 9.18 Å². The third-order valence-corrected chi connectivity index (χ3v) is 4.45. The first-order chi connectivity index (χ1) is 12.7. The molecule has 1 fully saturated rings. The highest BCUT2D eigenvalue weighted by Gasteiger charge is 2.42. The van der Waals surface area contributed by atoms with Crippen LogP contribution in [-0.4, -0.2) is 44.0 Å². The molecule has 0 saturated carbocycles. The smallest absolute Gasteiger partial charge is 0.351 e. The van der Waals surface area contributed by atoms with Crippen LogP contribution in [0.3, 0.4) is 0 Å². The van der Waals surface area contributed by atoms with Crippen LogP contribution in [-0.2, 0) is 4.74 Å². The zero-order chi connectivity index (χ0) is 19.9. The molecule has 8 nitrogen and oxygen atoms in total. The maximum absolute atomic E-state index is 14.4. The second kappa shape index (κ2) is 7.53. The van der Waals surface area contributed by atoms with Gasteiger partial charge in [0.2, 0.25) is 0 Å². The Morgan fingerprint density at radius 3 is 2.44 bits per heavy atom. The molecule has 144 valence electrons. The number of nitrogens with one attached hydrogen (secondary N) is 1. The van der Waals surface area contributed by atoms with E-state index < -0.39 is 47.8 Å². The molecular formula is C16H14Cl2FN3O5. The lowest BCUT2D eigenvalue weighted by Gasteiger charge is -2.17. The summed E-state index contributed by atoms with van der Waals surface area (Å²) >= 11 is 11.6. The van der Waals surface area contributed by atoms with Crippen molar-refractivity contribution in [1.82, 2.24) is 9.55 Å². The summed E-state index contributed by atoms with van der Waals surface area (Å²) in [5.74, 6) is -2.43. The van der Waals surface area contributed by atoms with Gasteiger partial charge in [0.25, 0.3) is 5.91 Å². The van der Waals surface area contributed by atoms with E-state index in [1.807, 2.05) is 0 Å². The molecule has 1 aliphatic heterocycles. The van der Waals surface area contributed by atoms with Crippen molar-refractivity contribution >= 4 is 34.9 Å². The molecule has 0 bridgehead atoms. The summed E-state index contributed by atoms with van der Waals surface area (Å²) in [5.41, 5.74) is -0.939. The van der Waals surface area contributed by atoms with E-state index in [0.29, 0.717) is 4.57 Å². The number of rotatable bonds is 3. The van der Waals surface area contributed by atoms with Gasteiger partial charge in [0.1, 0.15) is 12.2 Å². The monoisotopic (exact) mass is 417 g/mol. The topological polar surface area (TPSA) is 114 Å². The second-order valence-corrected chi connectivity index (χ2v) is 6.83. The molecule has 3 rings (SSSR count). The molecule has 2 heterocycles. The van der Waals surface area contributed by atoms with E-state index in [4.69, 9.17) is 27.9 Å². The molecule has 1 aliphatic rings. The molecule has 11 heteroatoms. The lowest BCUT2D eigenvalue weighted by atomic mass is 10.1. The number of carbonyl (C=O) groups is 1. The molecule has 27 heavy (non-hydrogen) atoms. The first kappa shape index (κ1) is 19.7. The number of aliphatic hydroxyl groups is 2. The summed E-state index contributed by atoms with van der Waals surface area (Å²) in [6, 6.07) is 4.04. The van der Waals surface area contributed by atoms with Crippen molar-refractivity contribution in [2.45, 2.75) is 31.5 Å². The Bertz CT molecular complexity index is 934. The van der Waals surface area contributed by atoms with Gasteiger partial charge in [0.15, 0.2) is 17.9 Å². The largest absolute Gasteiger partial charge is 0.388 e. The minimum Gasteiger partial charge on any atom is -0.388 e. The van der Waals surface area contributed by atoms with Crippen LogP contribution in [0.15, 0.2) is 29.2 Å². The number of amides is 1. The highest BCUT2D eigenvalue weighted by Crippen LogP contribution is 2.28. The van der Waals surface area contributed by atoms with Crippen LogP contribution >= 0.6 is 23.2 Å². The summed E-state index contributed by atoms with van der Waals surface area (Å²) in [6.45, 7) is 1.49. The third kappa shape index (κ3) is 3.97. The van der Waals surface area contributed by atoms with Crippen LogP contribution in [0.5, 0.6) is 0 Å². The number of halogens is 3. The van der Waals surface area contributed by atoms with Crippen molar-refractivity contribution in [1.29, 1.82) is 0 Å². The molecule has 0 radical (unpaired) electrons. The summed E-state index contributed by atoms with van der Waals surface area (Å²) < 4.78 is 20.3. The fourth-order valence-corrected chi connectivity index (χ4v) is 3.16. The van der Waals surface area contributed by atoms with Crippen LogP contribution in [0.25, 0.3) is 0 Å². The maximum Gasteiger partial charge on any atom is 0.351 e. The van der Waals surface area contributed by atoms with E-state index in [-0.39, 0.29) is 15.6 Å². The summed E-state index contributed by atoms with van der Waals surface area (Å²) in [5, 5.41) is 22.2. The minimum absolute atomic E-state index is 0.0457. The van der Waals surface area contributed by atoms with Gasteiger partial charge in [-0.05, 0) is 25.1 Å². The quantitative estimate of drug-likeness (QED) is 0.698. The molecular weight excluding hydrogens is 404 g/mol. The fraction of sp³-hybridized carbons (Fsp3) is 0.312. The average Bonchev–Trinajstić information content (AvgIpc) is 2.84. The average molecular weight is 418 g/mol. The number of carbonyl (C=O) groups excluding carboxylic acids is 1. The standard InChI is InChI=1S/C16H14Cl2FN3O5/c1-6-11(23)12(24)15(27-6)22-5-10(19)13(21-16(22)26)20-14(25)7-2-8(17)4-9(18)3-7/h2-6,11-12,15,23-24H,1H3,(H,20,21,25,26)/t6-,11?,12?,15-/m1/s1. The normalized spacial score (nSPS) is 24.8. The van der Waals surface area contributed by atoms with Crippen molar-refractivity contribution in [3.63, 3.8) is 0 Å². The van der Waals surface area contributed by atoms with Crippen LogP contribution in [0.1, 0.15) is 23.5 Å². The first-order valence-electron chi connectivity index (χ1n) is 7.75. The van der Waals surface area contributed by atoms with Gasteiger partial charge in [0.05, 0.1) is 12.3 Å². The van der Waals surface area contributed by atoms with E-state index in [2.05, 4.69) is 10.3 Å². The summed E-state index contributed by atoms with van der Waals surface area (Å²) in [6.07, 6.45) is -4.01. The second-order valence-electron chi connectivity index (χ2n) is 5.95. The van der Waals surface area contributed by atoms with Gasteiger partial charge in [-0.1, -0.05) is 23.2 Å². The number of aromatic nitrogens is 2. The zero-order valence-corrected chi connectivity index (χ0v) is 15.3. The molecule has 0 spiro atoms. The highest BCUT2D eigenvalue weighted by molar-refractivity contribution is 6.35. The van der Waals surface area contributed by atoms with Crippen LogP contribution in [0.2, 0.25) is 10.0 Å². The Morgan fingerprint density at radius 1 is 1.26 bits per heavy atom. The van der Waals surface area contributed by atoms with Gasteiger partial charge >= 0.3 is 5.69 Å². The Hall–Kier alpha value is -2.04. The number of benzene rings is 1. The Kier molecular flexibility index (Phi) is 5.50. The minimum atomic E-state index is -1.44. The highest BCUT2D eigenvalue weighted by atomic mass is 35.5. The molecule has 1 aromatic heterocycles. The number of hydrogen-bond donors (Lipinski definition) is 3. The van der Waals surface area contributed by atoms with E-state index in [1.54, 1.807) is 0 Å². The zero-order valence-electron chi connectivity index (χ0n) is 13.8. The van der Waals surface area contributed by atoms with E-state index in [1.165, 1.54) is 25.1 Å². The molecule has 2 aromatic rings. The van der Waals surface area contributed by atoms with Gasteiger partial charge in [-0.3, -0.25) is 9.36 Å². The SMILES string of the molecule is C[C@H]1O[C@@H](n2cc(F)c(NC(=O)c3cc(Cl)cc(Cl)c3)nc2=O)C(O)C1O. The van der Waals surface area contributed by atoms with Crippen LogP contribution < -0.4 is 11.0 Å². The van der Waals surface area contributed by atoms with E-state index in [9.17, 15) is 24.2 Å². The van der Waals surface area contributed by atoms with Crippen molar-refractivity contribution in [3.8, 4) is 0 Å². The molecule has 4 atom stereocenters. The fourth-order valence-electron chi connectivity index (χ4n) is 2.64. The summed E-state index contributed by atoms with van der Waals surface area (Å²) in [7, 11) is 0. The number of hydrogen-bond acceptors (Lipinski definition) is 6. The molecule has 1 aromatic carbocycles. The first-order valence-corrected chi connectivity index (χ1v) is 8.50. The molecule has 2 unspecified atom stereocenters. The van der Waals surface area contributed by atoms with Crippen molar-refractivity contribution in [2.75, 3.05) is 5.32 Å². The number of nitrogens with zero attached hydrogens (tertiary/aromatic N) is 2. The predicted octanol–water partition coefficient (Wildman–Crippen LogP) is 1.58. The summed E-state index contributed by atoms with van der Waals surface area (Å²) in [4.78, 5) is 27.9. The Morgan fingerprint density at radius 2 is 1.89 bits per heavy atom. The number of aliphatic hydroxyl groups excluding tert-OH is 2. The van der Waals surface area contributed by atoms with Gasteiger partial charge in [0, 0.05) is 15.6 Å². The van der Waals surface area contributed by atoms with Gasteiger partial charge in [-0.2, -0.15) is 4.98 Å². The predicted molar refractivity (Wildman–Crippen MR) is 94.5 cm³/mol. The van der Waals surface area contributed by atoms with Crippen molar-refractivity contribution in [2.24, 2.45) is 0 Å². The van der Waals surface area contributed by atoms with Crippen LogP contribution in [0.4, 0.5) is 10.2 Å². The lowest BCUT2D eigenvalue weighted by Crippen LogP contribution is -2.36. The molecule has 1 saturated heterocycles. The van der Waals surface area contributed by atoms with Crippen molar-refractivity contribution in [3.05, 3.63) is 56.3 Å². The molecule has 1 amide bonds. The van der Waals surface area contributed by atoms with Crippen molar-refractivity contribution < 1.29 is 24.1 Å². The Labute approximate surface area is 162 Å². The third-order valence-electron chi connectivity index (χ3n) is 4.01.